The summed E-state index contributed by atoms with van der Waals surface area (Å²) in [5.74, 6) is -0.616. The summed E-state index contributed by atoms with van der Waals surface area (Å²) in [6, 6.07) is 9.04. The fraction of sp³-hybridized carbons (Fsp3) is 0.188. The van der Waals surface area contributed by atoms with Gasteiger partial charge < -0.3 is 5.32 Å². The monoisotopic (exact) mass is 340 g/mol. The van der Waals surface area contributed by atoms with Crippen LogP contribution in [0.5, 0.6) is 0 Å². The van der Waals surface area contributed by atoms with Crippen LogP contribution in [0.25, 0.3) is 0 Å². The molecule has 9 heteroatoms. The molecule has 0 unspecified atom stereocenters. The molecule has 1 aromatic carbocycles. The third-order valence-electron chi connectivity index (χ3n) is 3.57. The number of nitrogens with zero attached hydrogens (tertiary/aromatic N) is 5. The van der Waals surface area contributed by atoms with Crippen LogP contribution in [0.4, 0.5) is 11.4 Å². The van der Waals surface area contributed by atoms with E-state index in [-0.39, 0.29) is 11.4 Å². The number of rotatable bonds is 6. The van der Waals surface area contributed by atoms with Crippen molar-refractivity contribution in [2.45, 2.75) is 20.0 Å². The van der Waals surface area contributed by atoms with Gasteiger partial charge in [-0.2, -0.15) is 10.2 Å². The fourth-order valence-corrected chi connectivity index (χ4v) is 2.39. The van der Waals surface area contributed by atoms with Crippen LogP contribution >= 0.6 is 0 Å². The first-order valence-corrected chi connectivity index (χ1v) is 7.66. The van der Waals surface area contributed by atoms with Crippen molar-refractivity contribution in [1.29, 1.82) is 0 Å². The Morgan fingerprint density at radius 1 is 1.32 bits per heavy atom. The quantitative estimate of drug-likeness (QED) is 0.547. The Kier molecular flexibility index (Phi) is 4.55. The number of carbonyl (C=O) groups excluding carboxylic acids is 1. The molecule has 1 amide bonds. The predicted molar refractivity (Wildman–Crippen MR) is 90.3 cm³/mol. The van der Waals surface area contributed by atoms with E-state index < -0.39 is 10.8 Å². The van der Waals surface area contributed by atoms with Gasteiger partial charge in [0.05, 0.1) is 11.5 Å². The minimum absolute atomic E-state index is 0.204. The van der Waals surface area contributed by atoms with Gasteiger partial charge in [-0.25, -0.2) is 0 Å². The predicted octanol–water partition coefficient (Wildman–Crippen LogP) is 2.31. The van der Waals surface area contributed by atoms with Crippen LogP contribution in [0.2, 0.25) is 0 Å². The maximum atomic E-state index is 12.4. The van der Waals surface area contributed by atoms with Crippen molar-refractivity contribution in [1.82, 2.24) is 19.6 Å². The van der Waals surface area contributed by atoms with Crippen molar-refractivity contribution in [2.75, 3.05) is 5.32 Å². The number of benzene rings is 1. The number of aromatic nitrogens is 4. The first kappa shape index (κ1) is 16.4. The molecule has 0 bridgehead atoms. The normalized spacial score (nSPS) is 10.6. The summed E-state index contributed by atoms with van der Waals surface area (Å²) in [5, 5.41) is 21.9. The van der Waals surface area contributed by atoms with Gasteiger partial charge in [0.2, 0.25) is 5.69 Å². The first-order chi connectivity index (χ1) is 12.1. The van der Waals surface area contributed by atoms with Crippen LogP contribution in [-0.2, 0) is 13.1 Å². The highest BCUT2D eigenvalue weighted by atomic mass is 16.6. The van der Waals surface area contributed by atoms with Crippen molar-refractivity contribution in [3.63, 3.8) is 0 Å². The molecule has 0 aliphatic rings. The maximum absolute atomic E-state index is 12.4. The zero-order valence-electron chi connectivity index (χ0n) is 13.5. The Labute approximate surface area is 143 Å². The summed E-state index contributed by atoms with van der Waals surface area (Å²) in [4.78, 5) is 22.9. The smallest absolute Gasteiger partial charge is 0.320 e. The topological polar surface area (TPSA) is 108 Å². The molecule has 9 nitrogen and oxygen atoms in total. The average Bonchev–Trinajstić information content (AvgIpc) is 3.24. The Morgan fingerprint density at radius 3 is 2.84 bits per heavy atom. The van der Waals surface area contributed by atoms with E-state index in [1.165, 1.54) is 10.9 Å². The Hall–Kier alpha value is -3.49. The van der Waals surface area contributed by atoms with Gasteiger partial charge in [0.1, 0.15) is 6.20 Å². The lowest BCUT2D eigenvalue weighted by molar-refractivity contribution is -0.385. The van der Waals surface area contributed by atoms with E-state index in [9.17, 15) is 14.9 Å². The van der Waals surface area contributed by atoms with Gasteiger partial charge in [-0.1, -0.05) is 12.1 Å². The second-order valence-electron chi connectivity index (χ2n) is 5.33. The first-order valence-electron chi connectivity index (χ1n) is 7.66. The third-order valence-corrected chi connectivity index (χ3v) is 3.57. The zero-order valence-corrected chi connectivity index (χ0v) is 13.5. The van der Waals surface area contributed by atoms with E-state index in [1.54, 1.807) is 36.0 Å². The number of nitro groups is 1. The Balaban J connectivity index is 1.79. The number of hydrogen-bond donors (Lipinski definition) is 1. The second-order valence-corrected chi connectivity index (χ2v) is 5.33. The van der Waals surface area contributed by atoms with Gasteiger partial charge in [-0.3, -0.25) is 24.3 Å². The number of carbonyl (C=O) groups is 1. The standard InChI is InChI=1S/C16H16N6O3/c1-2-20-11-14(22(24)25)15(19-20)16(23)18-13-6-3-5-12(9-13)10-21-8-4-7-17-21/h3-9,11H,2,10H2,1H3,(H,18,23). The van der Waals surface area contributed by atoms with Gasteiger partial charge in [0.25, 0.3) is 5.91 Å². The Morgan fingerprint density at radius 2 is 2.16 bits per heavy atom. The van der Waals surface area contributed by atoms with Crippen LogP contribution in [0.15, 0.2) is 48.9 Å². The molecule has 0 saturated heterocycles. The highest BCUT2D eigenvalue weighted by molar-refractivity contribution is 6.05. The number of amides is 1. The second kappa shape index (κ2) is 6.95. The summed E-state index contributed by atoms with van der Waals surface area (Å²) in [5.41, 5.74) is 0.960. The zero-order chi connectivity index (χ0) is 17.8. The lowest BCUT2D eigenvalue weighted by Crippen LogP contribution is -2.15. The Bertz CT molecular complexity index is 900. The van der Waals surface area contributed by atoms with E-state index in [1.807, 2.05) is 18.3 Å². The van der Waals surface area contributed by atoms with Crippen molar-refractivity contribution < 1.29 is 9.72 Å². The molecule has 128 valence electrons. The lowest BCUT2D eigenvalue weighted by atomic mass is 10.2. The molecule has 0 spiro atoms. The molecule has 0 radical (unpaired) electrons. The number of aryl methyl sites for hydroxylation is 1. The highest BCUT2D eigenvalue weighted by Crippen LogP contribution is 2.19. The number of nitrogens with one attached hydrogen (secondary N) is 1. The van der Waals surface area contributed by atoms with Crippen LogP contribution in [0.1, 0.15) is 23.0 Å². The third kappa shape index (κ3) is 3.71. The van der Waals surface area contributed by atoms with Crippen molar-refractivity contribution >= 4 is 17.3 Å². The molecule has 2 heterocycles. The molecule has 0 fully saturated rings. The molecule has 0 saturated carbocycles. The van der Waals surface area contributed by atoms with Gasteiger partial charge in [-0.05, 0) is 30.7 Å². The van der Waals surface area contributed by atoms with E-state index in [0.717, 1.165) is 5.56 Å². The van der Waals surface area contributed by atoms with E-state index in [2.05, 4.69) is 15.5 Å². The summed E-state index contributed by atoms with van der Waals surface area (Å²) >= 11 is 0. The number of hydrogen-bond acceptors (Lipinski definition) is 5. The minimum Gasteiger partial charge on any atom is -0.320 e. The molecule has 0 aliphatic carbocycles. The summed E-state index contributed by atoms with van der Waals surface area (Å²) in [6.45, 7) is 2.78. The fourth-order valence-electron chi connectivity index (χ4n) is 2.39. The van der Waals surface area contributed by atoms with Crippen LogP contribution in [-0.4, -0.2) is 30.4 Å². The average molecular weight is 340 g/mol. The minimum atomic E-state index is -0.616. The van der Waals surface area contributed by atoms with Crippen molar-refractivity contribution in [2.24, 2.45) is 0 Å². The largest absolute Gasteiger partial charge is 0.320 e. The SMILES string of the molecule is CCn1cc([N+](=O)[O-])c(C(=O)Nc2cccc(Cn3cccn3)c2)n1. The van der Waals surface area contributed by atoms with E-state index in [0.29, 0.717) is 18.8 Å². The van der Waals surface area contributed by atoms with Crippen LogP contribution in [0, 0.1) is 10.1 Å². The van der Waals surface area contributed by atoms with E-state index in [4.69, 9.17) is 0 Å². The molecule has 0 atom stereocenters. The van der Waals surface area contributed by atoms with Crippen molar-refractivity contribution in [3.05, 3.63) is 70.3 Å². The molecule has 1 N–H and O–H groups in total. The molecule has 3 rings (SSSR count). The summed E-state index contributed by atoms with van der Waals surface area (Å²) in [7, 11) is 0. The van der Waals surface area contributed by atoms with Crippen molar-refractivity contribution in [3.8, 4) is 0 Å². The molecule has 0 aliphatic heterocycles. The molecule has 3 aromatic rings. The summed E-state index contributed by atoms with van der Waals surface area (Å²) < 4.78 is 3.12. The lowest BCUT2D eigenvalue weighted by Gasteiger charge is -2.07. The maximum Gasteiger partial charge on any atom is 0.320 e. The van der Waals surface area contributed by atoms with Gasteiger partial charge in [0.15, 0.2) is 0 Å². The van der Waals surface area contributed by atoms with Crippen LogP contribution < -0.4 is 5.32 Å². The molecular weight excluding hydrogens is 324 g/mol. The molecular formula is C16H16N6O3. The summed E-state index contributed by atoms with van der Waals surface area (Å²) in [6.07, 6.45) is 4.78. The van der Waals surface area contributed by atoms with Crippen LogP contribution in [0.3, 0.4) is 0 Å². The van der Waals surface area contributed by atoms with Gasteiger partial charge in [-0.15, -0.1) is 0 Å². The molecule has 2 aromatic heterocycles. The van der Waals surface area contributed by atoms with Gasteiger partial charge in [0, 0.05) is 24.6 Å². The highest BCUT2D eigenvalue weighted by Gasteiger charge is 2.25. The van der Waals surface area contributed by atoms with E-state index >= 15 is 0 Å². The molecule has 25 heavy (non-hydrogen) atoms. The number of anilines is 1. The van der Waals surface area contributed by atoms with Gasteiger partial charge >= 0.3 is 5.69 Å².